The van der Waals surface area contributed by atoms with Gasteiger partial charge in [0.2, 0.25) is 0 Å². The number of carbonyl (C=O) groups excluding carboxylic acids is 1. The molecule has 1 saturated heterocycles. The Labute approximate surface area is 76.0 Å². The first-order valence-corrected chi connectivity index (χ1v) is 4.30. The van der Waals surface area contributed by atoms with Crippen molar-refractivity contribution in [1.82, 2.24) is 4.90 Å². The van der Waals surface area contributed by atoms with E-state index in [-0.39, 0.29) is 6.54 Å². The minimum atomic E-state index is -1.04. The maximum absolute atomic E-state index is 11.3. The highest BCUT2D eigenvalue weighted by atomic mass is 16.4. The van der Waals surface area contributed by atoms with Gasteiger partial charge in [0.25, 0.3) is 5.91 Å². The fraction of sp³-hybridized carbons (Fsp3) is 0.750. The minimum Gasteiger partial charge on any atom is -0.480 e. The molecule has 0 aromatic heterocycles. The molecule has 74 valence electrons. The lowest BCUT2D eigenvalue weighted by atomic mass is 10.2. The van der Waals surface area contributed by atoms with Crippen LogP contribution in [0, 0.1) is 0 Å². The number of carboxylic acid groups (broad SMARTS) is 1. The lowest BCUT2D eigenvalue weighted by molar-refractivity contribution is -0.148. The molecule has 0 spiro atoms. The Hall–Kier alpha value is -1.10. The van der Waals surface area contributed by atoms with Crippen LogP contribution in [0.3, 0.4) is 0 Å². The molecule has 0 unspecified atom stereocenters. The number of aliphatic carboxylic acids is 1. The fourth-order valence-corrected chi connectivity index (χ4v) is 1.41. The van der Waals surface area contributed by atoms with Crippen LogP contribution in [0.1, 0.15) is 19.3 Å². The van der Waals surface area contributed by atoms with Gasteiger partial charge in [0.15, 0.2) is 0 Å². The van der Waals surface area contributed by atoms with Crippen LogP contribution in [0.5, 0.6) is 0 Å². The van der Waals surface area contributed by atoms with E-state index in [4.69, 9.17) is 5.11 Å². The largest absolute Gasteiger partial charge is 0.480 e. The summed E-state index contributed by atoms with van der Waals surface area (Å²) in [5.41, 5.74) is 0. The molecule has 0 aromatic rings. The van der Waals surface area contributed by atoms with E-state index in [1.54, 1.807) is 0 Å². The summed E-state index contributed by atoms with van der Waals surface area (Å²) < 4.78 is 0. The van der Waals surface area contributed by atoms with Crippen molar-refractivity contribution in [2.24, 2.45) is 0 Å². The van der Waals surface area contributed by atoms with Gasteiger partial charge in [-0.3, -0.25) is 9.59 Å². The van der Waals surface area contributed by atoms with Crippen molar-refractivity contribution in [3.05, 3.63) is 0 Å². The highest BCUT2D eigenvalue weighted by Gasteiger charge is 2.25. The van der Waals surface area contributed by atoms with E-state index in [9.17, 15) is 14.7 Å². The van der Waals surface area contributed by atoms with Crippen molar-refractivity contribution in [3.63, 3.8) is 0 Å². The first-order chi connectivity index (χ1) is 6.11. The van der Waals surface area contributed by atoms with Crippen LogP contribution in [0.25, 0.3) is 0 Å². The van der Waals surface area contributed by atoms with E-state index in [0.717, 1.165) is 12.8 Å². The normalized spacial score (nSPS) is 24.2. The summed E-state index contributed by atoms with van der Waals surface area (Å²) in [6.45, 7) is 0.123. The van der Waals surface area contributed by atoms with Gasteiger partial charge in [0, 0.05) is 6.54 Å². The molecule has 2 N–H and O–H groups in total. The van der Waals surface area contributed by atoms with E-state index in [0.29, 0.717) is 13.0 Å². The second-order valence-corrected chi connectivity index (χ2v) is 3.17. The van der Waals surface area contributed by atoms with Gasteiger partial charge >= 0.3 is 5.97 Å². The van der Waals surface area contributed by atoms with Crippen LogP contribution in [-0.4, -0.2) is 46.2 Å². The topological polar surface area (TPSA) is 77.8 Å². The van der Waals surface area contributed by atoms with E-state index in [2.05, 4.69) is 0 Å². The highest BCUT2D eigenvalue weighted by Crippen LogP contribution is 2.11. The third kappa shape index (κ3) is 2.69. The lowest BCUT2D eigenvalue weighted by Gasteiger charge is -2.19. The molecule has 0 aromatic carbocycles. The number of likely N-dealkylation sites (tertiary alicyclic amines) is 1. The van der Waals surface area contributed by atoms with Gasteiger partial charge in [-0.25, -0.2) is 0 Å². The second-order valence-electron chi connectivity index (χ2n) is 3.17. The average Bonchev–Trinajstić information content (AvgIpc) is 2.19. The Balaban J connectivity index is 2.59. The molecule has 5 heteroatoms. The molecule has 1 fully saturated rings. The molecular weight excluding hydrogens is 174 g/mol. The molecule has 5 nitrogen and oxygen atoms in total. The first kappa shape index (κ1) is 9.98. The zero-order valence-corrected chi connectivity index (χ0v) is 7.27. The second kappa shape index (κ2) is 4.23. The predicted molar refractivity (Wildman–Crippen MR) is 44.1 cm³/mol. The molecule has 1 aliphatic heterocycles. The number of aliphatic hydroxyl groups excluding tert-OH is 1. The smallest absolute Gasteiger partial charge is 0.323 e. The minimum absolute atomic E-state index is 0.310. The van der Waals surface area contributed by atoms with Gasteiger partial charge in [-0.1, -0.05) is 0 Å². The van der Waals surface area contributed by atoms with Crippen LogP contribution < -0.4 is 0 Å². The standard InChI is InChI=1S/C8H13NO4/c10-6-3-1-2-4-9(8(6)13)5-7(11)12/h6,10H,1-5H2,(H,11,12)/t6-/m0/s1. The molecule has 1 aliphatic rings. The zero-order valence-electron chi connectivity index (χ0n) is 7.27. The van der Waals surface area contributed by atoms with E-state index in [1.807, 2.05) is 0 Å². The van der Waals surface area contributed by atoms with Crippen LogP contribution in [-0.2, 0) is 9.59 Å². The Morgan fingerprint density at radius 3 is 2.85 bits per heavy atom. The molecule has 0 saturated carbocycles. The van der Waals surface area contributed by atoms with Gasteiger partial charge in [-0.15, -0.1) is 0 Å². The molecule has 13 heavy (non-hydrogen) atoms. The van der Waals surface area contributed by atoms with Crippen molar-refractivity contribution in [3.8, 4) is 0 Å². The number of carboxylic acids is 1. The summed E-state index contributed by atoms with van der Waals surface area (Å²) in [5, 5.41) is 17.7. The number of hydrogen-bond acceptors (Lipinski definition) is 3. The Morgan fingerprint density at radius 1 is 1.54 bits per heavy atom. The SMILES string of the molecule is O=C(O)CN1CCCC[C@H](O)C1=O. The monoisotopic (exact) mass is 187 g/mol. The molecule has 1 amide bonds. The molecule has 1 atom stereocenters. The van der Waals surface area contributed by atoms with E-state index in [1.165, 1.54) is 4.90 Å². The van der Waals surface area contributed by atoms with Crippen LogP contribution >= 0.6 is 0 Å². The van der Waals surface area contributed by atoms with Crippen LogP contribution in [0.4, 0.5) is 0 Å². The van der Waals surface area contributed by atoms with Crippen molar-refractivity contribution in [2.75, 3.05) is 13.1 Å². The molecule has 0 radical (unpaired) electrons. The number of carbonyl (C=O) groups is 2. The first-order valence-electron chi connectivity index (χ1n) is 4.30. The Bertz CT molecular complexity index is 216. The number of rotatable bonds is 2. The molecule has 0 bridgehead atoms. The van der Waals surface area contributed by atoms with Crippen LogP contribution in [0.2, 0.25) is 0 Å². The average molecular weight is 187 g/mol. The van der Waals surface area contributed by atoms with Gasteiger partial charge in [-0.2, -0.15) is 0 Å². The maximum atomic E-state index is 11.3. The van der Waals surface area contributed by atoms with Gasteiger partial charge in [0.1, 0.15) is 12.6 Å². The lowest BCUT2D eigenvalue weighted by Crippen LogP contribution is -2.40. The number of hydrogen-bond donors (Lipinski definition) is 2. The van der Waals surface area contributed by atoms with Crippen molar-refractivity contribution >= 4 is 11.9 Å². The maximum Gasteiger partial charge on any atom is 0.323 e. The van der Waals surface area contributed by atoms with Gasteiger partial charge in [0.05, 0.1) is 0 Å². The molecule has 0 aliphatic carbocycles. The Morgan fingerprint density at radius 2 is 2.23 bits per heavy atom. The molecule has 1 rings (SSSR count). The van der Waals surface area contributed by atoms with E-state index < -0.39 is 18.0 Å². The zero-order chi connectivity index (χ0) is 9.84. The summed E-state index contributed by atoms with van der Waals surface area (Å²) in [6.07, 6.45) is 0.954. The third-order valence-electron chi connectivity index (χ3n) is 2.08. The highest BCUT2D eigenvalue weighted by molar-refractivity contribution is 5.84. The summed E-state index contributed by atoms with van der Waals surface area (Å²) in [5.74, 6) is -1.50. The molecule has 1 heterocycles. The van der Waals surface area contributed by atoms with Gasteiger partial charge in [-0.05, 0) is 19.3 Å². The van der Waals surface area contributed by atoms with Crippen molar-refractivity contribution < 1.29 is 19.8 Å². The quantitative estimate of drug-likeness (QED) is 0.607. The third-order valence-corrected chi connectivity index (χ3v) is 2.08. The summed E-state index contributed by atoms with van der Waals surface area (Å²) in [6, 6.07) is 0. The summed E-state index contributed by atoms with van der Waals surface area (Å²) in [7, 11) is 0. The predicted octanol–water partition coefficient (Wildman–Crippen LogP) is -0.556. The number of amides is 1. The summed E-state index contributed by atoms with van der Waals surface area (Å²) >= 11 is 0. The van der Waals surface area contributed by atoms with Crippen molar-refractivity contribution in [2.45, 2.75) is 25.4 Å². The Kier molecular flexibility index (Phi) is 3.25. The van der Waals surface area contributed by atoms with E-state index >= 15 is 0 Å². The number of aliphatic hydroxyl groups is 1. The molecular formula is C8H13NO4. The number of nitrogens with zero attached hydrogens (tertiary/aromatic N) is 1. The van der Waals surface area contributed by atoms with Gasteiger partial charge < -0.3 is 15.1 Å². The fourth-order valence-electron chi connectivity index (χ4n) is 1.41. The summed E-state index contributed by atoms with van der Waals surface area (Å²) in [4.78, 5) is 22.8. The van der Waals surface area contributed by atoms with Crippen molar-refractivity contribution in [1.29, 1.82) is 0 Å². The van der Waals surface area contributed by atoms with Crippen LogP contribution in [0.15, 0.2) is 0 Å².